The van der Waals surface area contributed by atoms with E-state index in [2.05, 4.69) is 13.8 Å². The highest BCUT2D eigenvalue weighted by Crippen LogP contribution is 2.39. The van der Waals surface area contributed by atoms with Crippen LogP contribution in [0.3, 0.4) is 0 Å². The molecule has 0 aliphatic heterocycles. The molecule has 1 aliphatic rings. The fraction of sp³-hybridized carbons (Fsp3) is 0.438. The first-order valence-electron chi connectivity index (χ1n) is 6.40. The molecule has 3 nitrogen and oxygen atoms in total. The first kappa shape index (κ1) is 13.7. The Morgan fingerprint density at radius 3 is 2.05 bits per heavy atom. The predicted octanol–water partition coefficient (Wildman–Crippen LogP) is 3.48. The Bertz CT molecular complexity index is 505. The summed E-state index contributed by atoms with van der Waals surface area (Å²) in [5.74, 6) is 1.67. The molecule has 19 heavy (non-hydrogen) atoms. The van der Waals surface area contributed by atoms with E-state index in [1.807, 2.05) is 18.2 Å². The van der Waals surface area contributed by atoms with Crippen LogP contribution in [-0.2, 0) is 4.79 Å². The number of carbonyl (C=O) groups is 1. The van der Waals surface area contributed by atoms with Crippen molar-refractivity contribution in [1.82, 2.24) is 0 Å². The third kappa shape index (κ3) is 3.16. The standard InChI is InChI=1S/C16H20O3/c1-16(2)9-12(5-13(17)10-16)11-6-14(18-3)8-15(7-11)19-4/h5-8H,9-10H2,1-4H3. The van der Waals surface area contributed by atoms with E-state index in [1.165, 1.54) is 0 Å². The molecular formula is C16H20O3. The largest absolute Gasteiger partial charge is 0.497 e. The molecule has 0 heterocycles. The zero-order valence-corrected chi connectivity index (χ0v) is 11.9. The smallest absolute Gasteiger partial charge is 0.156 e. The Labute approximate surface area is 114 Å². The van der Waals surface area contributed by atoms with E-state index in [9.17, 15) is 4.79 Å². The number of carbonyl (C=O) groups excluding carboxylic acids is 1. The second kappa shape index (κ2) is 5.08. The molecular weight excluding hydrogens is 240 g/mol. The summed E-state index contributed by atoms with van der Waals surface area (Å²) in [5.41, 5.74) is 2.06. The Hall–Kier alpha value is -1.77. The van der Waals surface area contributed by atoms with Crippen molar-refractivity contribution >= 4 is 11.4 Å². The second-order valence-electron chi connectivity index (χ2n) is 5.75. The Morgan fingerprint density at radius 2 is 1.58 bits per heavy atom. The molecule has 0 saturated carbocycles. The normalized spacial score (nSPS) is 17.9. The van der Waals surface area contributed by atoms with Crippen LogP contribution in [0, 0.1) is 5.41 Å². The molecule has 0 unspecified atom stereocenters. The Kier molecular flexibility index (Phi) is 3.65. The highest BCUT2D eigenvalue weighted by molar-refractivity contribution is 5.99. The van der Waals surface area contributed by atoms with E-state index in [0.717, 1.165) is 29.1 Å². The molecule has 0 radical (unpaired) electrons. The lowest BCUT2D eigenvalue weighted by Gasteiger charge is -2.29. The number of hydrogen-bond acceptors (Lipinski definition) is 3. The summed E-state index contributed by atoms with van der Waals surface area (Å²) in [6.07, 6.45) is 3.24. The monoisotopic (exact) mass is 260 g/mol. The van der Waals surface area contributed by atoms with Gasteiger partial charge < -0.3 is 9.47 Å². The molecule has 0 fully saturated rings. The van der Waals surface area contributed by atoms with Gasteiger partial charge in [-0.1, -0.05) is 13.8 Å². The van der Waals surface area contributed by atoms with E-state index in [1.54, 1.807) is 20.3 Å². The van der Waals surface area contributed by atoms with Crippen LogP contribution in [0.5, 0.6) is 11.5 Å². The summed E-state index contributed by atoms with van der Waals surface area (Å²) in [4.78, 5) is 11.8. The van der Waals surface area contributed by atoms with E-state index in [0.29, 0.717) is 6.42 Å². The van der Waals surface area contributed by atoms with Crippen LogP contribution < -0.4 is 9.47 Å². The quantitative estimate of drug-likeness (QED) is 0.834. The van der Waals surface area contributed by atoms with Crippen molar-refractivity contribution in [3.05, 3.63) is 29.8 Å². The molecule has 2 rings (SSSR count). The van der Waals surface area contributed by atoms with Gasteiger partial charge in [0.2, 0.25) is 0 Å². The molecule has 0 amide bonds. The maximum absolute atomic E-state index is 11.8. The maximum atomic E-state index is 11.8. The fourth-order valence-electron chi connectivity index (χ4n) is 2.52. The van der Waals surface area contributed by atoms with Crippen molar-refractivity contribution in [1.29, 1.82) is 0 Å². The van der Waals surface area contributed by atoms with Gasteiger partial charge in [-0.2, -0.15) is 0 Å². The number of allylic oxidation sites excluding steroid dienone is 2. The summed E-state index contributed by atoms with van der Waals surface area (Å²) >= 11 is 0. The molecule has 1 aromatic rings. The van der Waals surface area contributed by atoms with Gasteiger partial charge in [0.05, 0.1) is 14.2 Å². The van der Waals surface area contributed by atoms with Crippen LogP contribution in [0.2, 0.25) is 0 Å². The third-order valence-corrected chi connectivity index (χ3v) is 3.38. The van der Waals surface area contributed by atoms with Crippen LogP contribution >= 0.6 is 0 Å². The maximum Gasteiger partial charge on any atom is 0.156 e. The van der Waals surface area contributed by atoms with Gasteiger partial charge in [-0.15, -0.1) is 0 Å². The Balaban J connectivity index is 2.43. The summed E-state index contributed by atoms with van der Waals surface area (Å²) in [7, 11) is 3.26. The van der Waals surface area contributed by atoms with Gasteiger partial charge in [0, 0.05) is 12.5 Å². The molecule has 0 bridgehead atoms. The predicted molar refractivity (Wildman–Crippen MR) is 75.5 cm³/mol. The summed E-state index contributed by atoms with van der Waals surface area (Å²) in [6.45, 7) is 4.24. The van der Waals surface area contributed by atoms with Crippen molar-refractivity contribution in [3.63, 3.8) is 0 Å². The van der Waals surface area contributed by atoms with Gasteiger partial charge in [-0.25, -0.2) is 0 Å². The van der Waals surface area contributed by atoms with Crippen molar-refractivity contribution < 1.29 is 14.3 Å². The minimum Gasteiger partial charge on any atom is -0.497 e. The van der Waals surface area contributed by atoms with Gasteiger partial charge in [-0.05, 0) is 41.2 Å². The Morgan fingerprint density at radius 1 is 1.00 bits per heavy atom. The average Bonchev–Trinajstić information content (AvgIpc) is 2.35. The van der Waals surface area contributed by atoms with E-state index in [4.69, 9.17) is 9.47 Å². The average molecular weight is 260 g/mol. The number of methoxy groups -OCH3 is 2. The molecule has 0 saturated heterocycles. The van der Waals surface area contributed by atoms with E-state index < -0.39 is 0 Å². The molecule has 0 spiro atoms. The number of benzene rings is 1. The van der Waals surface area contributed by atoms with E-state index in [-0.39, 0.29) is 11.2 Å². The van der Waals surface area contributed by atoms with Crippen LogP contribution in [0.25, 0.3) is 5.57 Å². The zero-order chi connectivity index (χ0) is 14.0. The first-order valence-corrected chi connectivity index (χ1v) is 6.40. The summed E-state index contributed by atoms with van der Waals surface area (Å²) in [6, 6.07) is 5.73. The van der Waals surface area contributed by atoms with Gasteiger partial charge >= 0.3 is 0 Å². The molecule has 1 aliphatic carbocycles. The molecule has 3 heteroatoms. The SMILES string of the molecule is COc1cc(OC)cc(C2=CC(=O)CC(C)(C)C2)c1. The van der Waals surface area contributed by atoms with Gasteiger partial charge in [0.15, 0.2) is 5.78 Å². The lowest BCUT2D eigenvalue weighted by atomic mass is 9.75. The minimum absolute atomic E-state index is 0.0114. The van der Waals surface area contributed by atoms with Gasteiger partial charge in [-0.3, -0.25) is 4.79 Å². The topological polar surface area (TPSA) is 35.5 Å². The third-order valence-electron chi connectivity index (χ3n) is 3.38. The summed E-state index contributed by atoms with van der Waals surface area (Å²) < 4.78 is 10.5. The second-order valence-corrected chi connectivity index (χ2v) is 5.75. The number of rotatable bonds is 3. The van der Waals surface area contributed by atoms with E-state index >= 15 is 0 Å². The number of ketones is 1. The molecule has 1 aromatic carbocycles. The fourth-order valence-corrected chi connectivity index (χ4v) is 2.52. The van der Waals surface area contributed by atoms with Crippen LogP contribution in [0.1, 0.15) is 32.3 Å². The van der Waals surface area contributed by atoms with Crippen molar-refractivity contribution in [2.24, 2.45) is 5.41 Å². The summed E-state index contributed by atoms with van der Waals surface area (Å²) in [5, 5.41) is 0. The molecule has 0 N–H and O–H groups in total. The van der Waals surface area contributed by atoms with Crippen molar-refractivity contribution in [2.75, 3.05) is 14.2 Å². The lowest BCUT2D eigenvalue weighted by Crippen LogP contribution is -2.21. The minimum atomic E-state index is 0.0114. The van der Waals surface area contributed by atoms with Crippen LogP contribution in [-0.4, -0.2) is 20.0 Å². The highest BCUT2D eigenvalue weighted by Gasteiger charge is 2.28. The van der Waals surface area contributed by atoms with Gasteiger partial charge in [0.25, 0.3) is 0 Å². The molecule has 0 aromatic heterocycles. The van der Waals surface area contributed by atoms with Gasteiger partial charge in [0.1, 0.15) is 11.5 Å². The highest BCUT2D eigenvalue weighted by atomic mass is 16.5. The molecule has 102 valence electrons. The van der Waals surface area contributed by atoms with Crippen LogP contribution in [0.15, 0.2) is 24.3 Å². The number of ether oxygens (including phenoxy) is 2. The van der Waals surface area contributed by atoms with Crippen LogP contribution in [0.4, 0.5) is 0 Å². The molecule has 0 atom stereocenters. The lowest BCUT2D eigenvalue weighted by molar-refractivity contribution is -0.116. The first-order chi connectivity index (χ1) is 8.93. The number of hydrogen-bond donors (Lipinski definition) is 0. The van der Waals surface area contributed by atoms with Crippen molar-refractivity contribution in [2.45, 2.75) is 26.7 Å². The van der Waals surface area contributed by atoms with Crippen molar-refractivity contribution in [3.8, 4) is 11.5 Å². The zero-order valence-electron chi connectivity index (χ0n) is 11.9.